The molecule has 0 aromatic carbocycles. The molecule has 0 bridgehead atoms. The third-order valence-electron chi connectivity index (χ3n) is 3.08. The van der Waals surface area contributed by atoms with E-state index in [4.69, 9.17) is 0 Å². The molecule has 2 rings (SSSR count). The monoisotopic (exact) mass is 178 g/mol. The molecule has 1 saturated heterocycles. The predicted molar refractivity (Wildman–Crippen MR) is 54.8 cm³/mol. The molecule has 1 aliphatic heterocycles. The molecule has 1 fully saturated rings. The number of nitrogens with one attached hydrogen (secondary N) is 1. The van der Waals surface area contributed by atoms with Crippen molar-refractivity contribution in [3.63, 3.8) is 0 Å². The number of aromatic nitrogens is 1. The van der Waals surface area contributed by atoms with Gasteiger partial charge in [0.05, 0.1) is 0 Å². The SMILES string of the molecule is Cn1cccc1CC1(C)CCCN1. The lowest BCUT2D eigenvalue weighted by Gasteiger charge is -2.24. The average Bonchev–Trinajstić information content (AvgIpc) is 2.64. The summed E-state index contributed by atoms with van der Waals surface area (Å²) in [6.45, 7) is 3.51. The van der Waals surface area contributed by atoms with Gasteiger partial charge in [0.2, 0.25) is 0 Å². The highest BCUT2D eigenvalue weighted by Crippen LogP contribution is 2.23. The molecule has 72 valence electrons. The molecule has 2 heteroatoms. The van der Waals surface area contributed by atoms with E-state index in [1.165, 1.54) is 25.1 Å². The summed E-state index contributed by atoms with van der Waals surface area (Å²) < 4.78 is 2.21. The quantitative estimate of drug-likeness (QED) is 0.729. The zero-order valence-corrected chi connectivity index (χ0v) is 8.51. The first-order valence-corrected chi connectivity index (χ1v) is 5.05. The maximum Gasteiger partial charge on any atom is 0.0208 e. The van der Waals surface area contributed by atoms with Gasteiger partial charge in [-0.25, -0.2) is 0 Å². The Morgan fingerprint density at radius 1 is 1.62 bits per heavy atom. The molecule has 1 unspecified atom stereocenters. The summed E-state index contributed by atoms with van der Waals surface area (Å²) in [7, 11) is 2.12. The van der Waals surface area contributed by atoms with Crippen molar-refractivity contribution >= 4 is 0 Å². The Morgan fingerprint density at radius 2 is 2.46 bits per heavy atom. The van der Waals surface area contributed by atoms with Crippen LogP contribution >= 0.6 is 0 Å². The molecule has 2 heterocycles. The summed E-state index contributed by atoms with van der Waals surface area (Å²) in [4.78, 5) is 0. The highest BCUT2D eigenvalue weighted by Gasteiger charge is 2.28. The summed E-state index contributed by atoms with van der Waals surface area (Å²) in [6, 6.07) is 4.33. The Morgan fingerprint density at radius 3 is 3.00 bits per heavy atom. The second-order valence-electron chi connectivity index (χ2n) is 4.38. The number of hydrogen-bond donors (Lipinski definition) is 1. The number of aryl methyl sites for hydroxylation is 1. The number of nitrogens with zero attached hydrogens (tertiary/aromatic N) is 1. The lowest BCUT2D eigenvalue weighted by Crippen LogP contribution is -2.38. The summed E-state index contributed by atoms with van der Waals surface area (Å²) in [5.74, 6) is 0. The molecule has 13 heavy (non-hydrogen) atoms. The number of rotatable bonds is 2. The zero-order chi connectivity index (χ0) is 9.31. The van der Waals surface area contributed by atoms with E-state index in [1.54, 1.807) is 0 Å². The van der Waals surface area contributed by atoms with Crippen LogP contribution in [0.2, 0.25) is 0 Å². The molecule has 1 aliphatic rings. The van der Waals surface area contributed by atoms with Crippen LogP contribution in [0.25, 0.3) is 0 Å². The minimum Gasteiger partial charge on any atom is -0.354 e. The first-order chi connectivity index (χ1) is 6.20. The minimum atomic E-state index is 0.339. The van der Waals surface area contributed by atoms with Crippen LogP contribution in [-0.2, 0) is 13.5 Å². The third kappa shape index (κ3) is 1.78. The van der Waals surface area contributed by atoms with Gasteiger partial charge in [-0.3, -0.25) is 0 Å². The van der Waals surface area contributed by atoms with E-state index in [9.17, 15) is 0 Å². The molecule has 2 nitrogen and oxygen atoms in total. The highest BCUT2D eigenvalue weighted by atomic mass is 15.0. The van der Waals surface area contributed by atoms with Crippen molar-refractivity contribution in [3.05, 3.63) is 24.0 Å². The Labute approximate surface area is 79.9 Å². The largest absolute Gasteiger partial charge is 0.354 e. The van der Waals surface area contributed by atoms with Crippen molar-refractivity contribution in [1.82, 2.24) is 9.88 Å². The van der Waals surface area contributed by atoms with Crippen molar-refractivity contribution in [2.75, 3.05) is 6.54 Å². The maximum atomic E-state index is 3.59. The van der Waals surface area contributed by atoms with E-state index >= 15 is 0 Å². The van der Waals surface area contributed by atoms with Gasteiger partial charge in [0.15, 0.2) is 0 Å². The summed E-state index contributed by atoms with van der Waals surface area (Å²) >= 11 is 0. The Bertz CT molecular complexity index is 282. The smallest absolute Gasteiger partial charge is 0.0208 e. The molecule has 0 aliphatic carbocycles. The second-order valence-corrected chi connectivity index (χ2v) is 4.38. The summed E-state index contributed by atoms with van der Waals surface area (Å²) in [5.41, 5.74) is 1.77. The standard InChI is InChI=1S/C11H18N2/c1-11(6-4-7-12-11)9-10-5-3-8-13(10)2/h3,5,8,12H,4,6-7,9H2,1-2H3. The number of hydrogen-bond acceptors (Lipinski definition) is 1. The van der Waals surface area contributed by atoms with E-state index in [0.29, 0.717) is 5.54 Å². The molecule has 0 amide bonds. The molecule has 0 radical (unpaired) electrons. The Kier molecular flexibility index (Phi) is 2.16. The van der Waals surface area contributed by atoms with Gasteiger partial charge < -0.3 is 9.88 Å². The van der Waals surface area contributed by atoms with E-state index in [-0.39, 0.29) is 0 Å². The summed E-state index contributed by atoms with van der Waals surface area (Å²) in [6.07, 6.45) is 5.89. The second kappa shape index (κ2) is 3.18. The Balaban J connectivity index is 2.09. The molecular weight excluding hydrogens is 160 g/mol. The van der Waals surface area contributed by atoms with Crippen LogP contribution in [-0.4, -0.2) is 16.7 Å². The van der Waals surface area contributed by atoms with E-state index in [2.05, 4.69) is 42.2 Å². The van der Waals surface area contributed by atoms with Crippen LogP contribution in [0.3, 0.4) is 0 Å². The normalized spacial score (nSPS) is 28.2. The first-order valence-electron chi connectivity index (χ1n) is 5.05. The van der Waals surface area contributed by atoms with Crippen molar-refractivity contribution in [2.45, 2.75) is 31.7 Å². The van der Waals surface area contributed by atoms with E-state index in [1.807, 2.05) is 0 Å². The highest BCUT2D eigenvalue weighted by molar-refractivity contribution is 5.11. The molecule has 0 saturated carbocycles. The summed E-state index contributed by atoms with van der Waals surface area (Å²) in [5, 5.41) is 3.59. The zero-order valence-electron chi connectivity index (χ0n) is 8.51. The lowest BCUT2D eigenvalue weighted by molar-refractivity contribution is 0.404. The van der Waals surface area contributed by atoms with Gasteiger partial charge in [-0.2, -0.15) is 0 Å². The van der Waals surface area contributed by atoms with Gasteiger partial charge in [-0.15, -0.1) is 0 Å². The van der Waals surface area contributed by atoms with Crippen LogP contribution < -0.4 is 5.32 Å². The molecule has 1 N–H and O–H groups in total. The van der Waals surface area contributed by atoms with Gasteiger partial charge in [0.1, 0.15) is 0 Å². The molecular formula is C11H18N2. The minimum absolute atomic E-state index is 0.339. The van der Waals surface area contributed by atoms with Crippen molar-refractivity contribution < 1.29 is 0 Å². The van der Waals surface area contributed by atoms with Crippen molar-refractivity contribution in [1.29, 1.82) is 0 Å². The third-order valence-corrected chi connectivity index (χ3v) is 3.08. The van der Waals surface area contributed by atoms with Crippen molar-refractivity contribution in [3.8, 4) is 0 Å². The van der Waals surface area contributed by atoms with Gasteiger partial charge in [0, 0.05) is 30.9 Å². The van der Waals surface area contributed by atoms with Crippen LogP contribution in [0.4, 0.5) is 0 Å². The van der Waals surface area contributed by atoms with Crippen LogP contribution in [0.15, 0.2) is 18.3 Å². The fourth-order valence-electron chi connectivity index (χ4n) is 2.19. The molecule has 1 aromatic rings. The van der Waals surface area contributed by atoms with Crippen LogP contribution in [0, 0.1) is 0 Å². The maximum absolute atomic E-state index is 3.59. The molecule has 1 aromatic heterocycles. The predicted octanol–water partition coefficient (Wildman–Crippen LogP) is 1.71. The van der Waals surface area contributed by atoms with Gasteiger partial charge in [0.25, 0.3) is 0 Å². The molecule has 1 atom stereocenters. The topological polar surface area (TPSA) is 17.0 Å². The Hall–Kier alpha value is -0.760. The van der Waals surface area contributed by atoms with Gasteiger partial charge in [-0.05, 0) is 38.4 Å². The van der Waals surface area contributed by atoms with Crippen LogP contribution in [0.1, 0.15) is 25.5 Å². The van der Waals surface area contributed by atoms with E-state index < -0.39 is 0 Å². The lowest BCUT2D eigenvalue weighted by atomic mass is 9.94. The fourth-order valence-corrected chi connectivity index (χ4v) is 2.19. The van der Waals surface area contributed by atoms with Crippen LogP contribution in [0.5, 0.6) is 0 Å². The van der Waals surface area contributed by atoms with Crippen molar-refractivity contribution in [2.24, 2.45) is 7.05 Å². The molecule has 0 spiro atoms. The van der Waals surface area contributed by atoms with E-state index in [0.717, 1.165) is 6.42 Å². The first kappa shape index (κ1) is 8.82. The average molecular weight is 178 g/mol. The van der Waals surface area contributed by atoms with Gasteiger partial charge >= 0.3 is 0 Å². The fraction of sp³-hybridized carbons (Fsp3) is 0.636. The van der Waals surface area contributed by atoms with Gasteiger partial charge in [-0.1, -0.05) is 0 Å².